The molecule has 0 aliphatic heterocycles. The summed E-state index contributed by atoms with van der Waals surface area (Å²) in [6.07, 6.45) is 1.21. The number of carbonyl (C=O) groups is 1. The van der Waals surface area contributed by atoms with Crippen LogP contribution < -0.4 is 5.73 Å². The molecular formula is C15H22F2N2O2. The minimum Gasteiger partial charge on any atom is -0.385 e. The average molecular weight is 300 g/mol. The first-order chi connectivity index (χ1) is 9.88. The second-order valence-electron chi connectivity index (χ2n) is 5.04. The zero-order valence-electron chi connectivity index (χ0n) is 12.6. The van der Waals surface area contributed by atoms with Crippen molar-refractivity contribution >= 4 is 5.91 Å². The van der Waals surface area contributed by atoms with E-state index in [0.717, 1.165) is 12.1 Å². The maximum absolute atomic E-state index is 13.3. The van der Waals surface area contributed by atoms with Gasteiger partial charge >= 0.3 is 0 Å². The topological polar surface area (TPSA) is 55.6 Å². The number of halogens is 2. The molecule has 0 bridgehead atoms. The molecule has 0 spiro atoms. The number of methoxy groups -OCH3 is 1. The summed E-state index contributed by atoms with van der Waals surface area (Å²) in [5, 5.41) is 0. The smallest absolute Gasteiger partial charge is 0.239 e. The first-order valence-electron chi connectivity index (χ1n) is 6.84. The number of rotatable bonds is 7. The lowest BCUT2D eigenvalue weighted by Gasteiger charge is -2.28. The highest BCUT2D eigenvalue weighted by molar-refractivity contribution is 5.81. The van der Waals surface area contributed by atoms with Crippen molar-refractivity contribution in [1.82, 2.24) is 4.90 Å². The highest BCUT2D eigenvalue weighted by Crippen LogP contribution is 2.21. The molecule has 2 unspecified atom stereocenters. The van der Waals surface area contributed by atoms with Crippen molar-refractivity contribution in [3.63, 3.8) is 0 Å². The van der Waals surface area contributed by atoms with Crippen LogP contribution in [0.5, 0.6) is 0 Å². The zero-order valence-corrected chi connectivity index (χ0v) is 12.6. The van der Waals surface area contributed by atoms with Crippen LogP contribution in [0.3, 0.4) is 0 Å². The number of amides is 1. The number of hydrogen-bond acceptors (Lipinski definition) is 3. The molecular weight excluding hydrogens is 278 g/mol. The van der Waals surface area contributed by atoms with Crippen LogP contribution in [0.2, 0.25) is 0 Å². The Balaban J connectivity index is 2.69. The molecule has 0 aromatic heterocycles. The SMILES string of the molecule is COCCCC(N)C(=O)N(C)C(C)c1ccc(F)c(F)c1. The Morgan fingerprint density at radius 2 is 2.05 bits per heavy atom. The summed E-state index contributed by atoms with van der Waals surface area (Å²) in [7, 11) is 3.19. The molecule has 0 aliphatic rings. The lowest BCUT2D eigenvalue weighted by Crippen LogP contribution is -2.42. The van der Waals surface area contributed by atoms with E-state index in [1.807, 2.05) is 0 Å². The first kappa shape index (κ1) is 17.5. The Morgan fingerprint density at radius 3 is 2.62 bits per heavy atom. The molecule has 0 heterocycles. The van der Waals surface area contributed by atoms with Crippen LogP contribution in [-0.2, 0) is 9.53 Å². The third-order valence-corrected chi connectivity index (χ3v) is 3.54. The minimum absolute atomic E-state index is 0.233. The van der Waals surface area contributed by atoms with E-state index in [0.29, 0.717) is 25.0 Å². The number of nitrogens with zero attached hydrogens (tertiary/aromatic N) is 1. The standard InChI is InChI=1S/C15H22F2N2O2/c1-10(11-6-7-12(16)13(17)9-11)19(2)15(20)14(18)5-4-8-21-3/h6-7,9-10,14H,4-5,8,18H2,1-3H3. The Bertz CT molecular complexity index is 483. The molecule has 4 nitrogen and oxygen atoms in total. The summed E-state index contributed by atoms with van der Waals surface area (Å²) < 4.78 is 31.1. The van der Waals surface area contributed by atoms with Gasteiger partial charge in [-0.1, -0.05) is 6.07 Å². The number of likely N-dealkylation sites (N-methyl/N-ethyl adjacent to an activating group) is 1. The zero-order chi connectivity index (χ0) is 16.0. The fourth-order valence-electron chi connectivity index (χ4n) is 2.02. The Labute approximate surface area is 123 Å². The van der Waals surface area contributed by atoms with Gasteiger partial charge in [0.25, 0.3) is 0 Å². The minimum atomic E-state index is -0.926. The van der Waals surface area contributed by atoms with Crippen LogP contribution in [0.1, 0.15) is 31.4 Å². The Hall–Kier alpha value is -1.53. The van der Waals surface area contributed by atoms with Gasteiger partial charge in [0, 0.05) is 20.8 Å². The van der Waals surface area contributed by atoms with Crippen LogP contribution in [-0.4, -0.2) is 37.6 Å². The normalized spacial score (nSPS) is 13.8. The van der Waals surface area contributed by atoms with Crippen molar-refractivity contribution in [2.24, 2.45) is 5.73 Å². The molecule has 1 amide bonds. The first-order valence-corrected chi connectivity index (χ1v) is 6.84. The highest BCUT2D eigenvalue weighted by atomic mass is 19.2. The number of carbonyl (C=O) groups excluding carboxylic acids is 1. The van der Waals surface area contributed by atoms with Gasteiger partial charge in [-0.25, -0.2) is 8.78 Å². The van der Waals surface area contributed by atoms with Gasteiger partial charge in [-0.15, -0.1) is 0 Å². The van der Waals surface area contributed by atoms with Crippen LogP contribution in [0, 0.1) is 11.6 Å². The molecule has 2 N–H and O–H groups in total. The van der Waals surface area contributed by atoms with E-state index in [4.69, 9.17) is 10.5 Å². The van der Waals surface area contributed by atoms with Crippen molar-refractivity contribution < 1.29 is 18.3 Å². The van der Waals surface area contributed by atoms with Gasteiger partial charge < -0.3 is 15.4 Å². The van der Waals surface area contributed by atoms with Crippen molar-refractivity contribution in [2.45, 2.75) is 31.8 Å². The van der Waals surface area contributed by atoms with E-state index < -0.39 is 17.7 Å². The van der Waals surface area contributed by atoms with Crippen molar-refractivity contribution in [3.8, 4) is 0 Å². The van der Waals surface area contributed by atoms with Gasteiger partial charge in [0.15, 0.2) is 11.6 Å². The van der Waals surface area contributed by atoms with Gasteiger partial charge in [-0.2, -0.15) is 0 Å². The summed E-state index contributed by atoms with van der Waals surface area (Å²) in [6.45, 7) is 2.29. The van der Waals surface area contributed by atoms with Gasteiger partial charge in [-0.3, -0.25) is 4.79 Å². The van der Waals surface area contributed by atoms with Crippen molar-refractivity contribution in [2.75, 3.05) is 20.8 Å². The molecule has 118 valence electrons. The van der Waals surface area contributed by atoms with E-state index in [1.54, 1.807) is 21.1 Å². The molecule has 0 fully saturated rings. The van der Waals surface area contributed by atoms with Crippen LogP contribution in [0.15, 0.2) is 18.2 Å². The average Bonchev–Trinajstić information content (AvgIpc) is 2.47. The summed E-state index contributed by atoms with van der Waals surface area (Å²) in [4.78, 5) is 13.6. The molecule has 1 aromatic carbocycles. The van der Waals surface area contributed by atoms with E-state index in [2.05, 4.69) is 0 Å². The summed E-state index contributed by atoms with van der Waals surface area (Å²) >= 11 is 0. The molecule has 2 atom stereocenters. The number of hydrogen-bond donors (Lipinski definition) is 1. The lowest BCUT2D eigenvalue weighted by molar-refractivity contribution is -0.133. The number of benzene rings is 1. The van der Waals surface area contributed by atoms with Gasteiger partial charge in [0.2, 0.25) is 5.91 Å². The molecule has 1 aromatic rings. The second kappa shape index (κ2) is 8.05. The molecule has 0 radical (unpaired) electrons. The monoisotopic (exact) mass is 300 g/mol. The number of nitrogens with two attached hydrogens (primary N) is 1. The molecule has 1 rings (SSSR count). The number of ether oxygens (including phenoxy) is 1. The van der Waals surface area contributed by atoms with Crippen LogP contribution in [0.25, 0.3) is 0 Å². The predicted molar refractivity (Wildman–Crippen MR) is 76.6 cm³/mol. The summed E-state index contributed by atoms with van der Waals surface area (Å²) in [5.74, 6) is -2.07. The molecule has 21 heavy (non-hydrogen) atoms. The molecule has 0 saturated heterocycles. The van der Waals surface area contributed by atoms with Gasteiger partial charge in [-0.05, 0) is 37.5 Å². The summed E-state index contributed by atoms with van der Waals surface area (Å²) in [6, 6.07) is 2.60. The summed E-state index contributed by atoms with van der Waals surface area (Å²) in [5.41, 5.74) is 6.37. The fourth-order valence-corrected chi connectivity index (χ4v) is 2.02. The third-order valence-electron chi connectivity index (χ3n) is 3.54. The van der Waals surface area contributed by atoms with E-state index in [1.165, 1.54) is 11.0 Å². The Morgan fingerprint density at radius 1 is 1.38 bits per heavy atom. The maximum atomic E-state index is 13.3. The lowest BCUT2D eigenvalue weighted by atomic mass is 10.0. The predicted octanol–water partition coefficient (Wildman–Crippen LogP) is 2.24. The fraction of sp³-hybridized carbons (Fsp3) is 0.533. The van der Waals surface area contributed by atoms with Crippen molar-refractivity contribution in [3.05, 3.63) is 35.4 Å². The largest absolute Gasteiger partial charge is 0.385 e. The van der Waals surface area contributed by atoms with Crippen molar-refractivity contribution in [1.29, 1.82) is 0 Å². The maximum Gasteiger partial charge on any atom is 0.239 e. The second-order valence-corrected chi connectivity index (χ2v) is 5.04. The molecule has 6 heteroatoms. The van der Waals surface area contributed by atoms with Crippen LogP contribution in [0.4, 0.5) is 8.78 Å². The molecule has 0 aliphatic carbocycles. The van der Waals surface area contributed by atoms with E-state index in [-0.39, 0.29) is 11.9 Å². The van der Waals surface area contributed by atoms with Crippen LogP contribution >= 0.6 is 0 Å². The third kappa shape index (κ3) is 4.75. The highest BCUT2D eigenvalue weighted by Gasteiger charge is 2.23. The Kier molecular flexibility index (Phi) is 6.71. The van der Waals surface area contributed by atoms with Gasteiger partial charge in [0.05, 0.1) is 12.1 Å². The quantitative estimate of drug-likeness (QED) is 0.786. The van der Waals surface area contributed by atoms with Gasteiger partial charge in [0.1, 0.15) is 0 Å². The van der Waals surface area contributed by atoms with E-state index >= 15 is 0 Å². The molecule has 0 saturated carbocycles. The van der Waals surface area contributed by atoms with E-state index in [9.17, 15) is 13.6 Å².